The summed E-state index contributed by atoms with van der Waals surface area (Å²) in [5.41, 5.74) is 2.15. The van der Waals surface area contributed by atoms with E-state index in [0.717, 1.165) is 5.56 Å². The van der Waals surface area contributed by atoms with Gasteiger partial charge in [0.2, 0.25) is 11.8 Å². The van der Waals surface area contributed by atoms with Crippen molar-refractivity contribution in [2.75, 3.05) is 7.11 Å². The van der Waals surface area contributed by atoms with Crippen LogP contribution in [0.3, 0.4) is 0 Å². The second kappa shape index (κ2) is 8.04. The number of aryl methyl sites for hydroxylation is 1. The van der Waals surface area contributed by atoms with Crippen LogP contribution in [0.1, 0.15) is 33.8 Å². The van der Waals surface area contributed by atoms with E-state index in [-0.39, 0.29) is 12.2 Å². The van der Waals surface area contributed by atoms with E-state index in [9.17, 15) is 19.2 Å². The number of carbonyl (C=O) groups excluding carboxylic acids is 4. The average molecular weight is 380 g/mol. The predicted molar refractivity (Wildman–Crippen MR) is 101 cm³/mol. The minimum absolute atomic E-state index is 0.0604. The minimum Gasteiger partial charge on any atom is -0.497 e. The lowest BCUT2D eigenvalue weighted by Crippen LogP contribution is -2.57. The first kappa shape index (κ1) is 19.3. The molecular formula is C21H20N2O5. The lowest BCUT2D eigenvalue weighted by atomic mass is 9.79. The predicted octanol–water partition coefficient (Wildman–Crippen LogP) is 2.34. The molecule has 4 amide bonds. The number of imide groups is 2. The van der Waals surface area contributed by atoms with Gasteiger partial charge in [-0.05, 0) is 24.6 Å². The fourth-order valence-electron chi connectivity index (χ4n) is 3.23. The molecule has 28 heavy (non-hydrogen) atoms. The first-order valence-corrected chi connectivity index (χ1v) is 8.78. The zero-order valence-corrected chi connectivity index (χ0v) is 15.5. The highest BCUT2D eigenvalue weighted by Gasteiger charge is 2.41. The molecule has 1 heterocycles. The number of hydrogen-bond donors (Lipinski definition) is 2. The molecule has 144 valence electrons. The lowest BCUT2D eigenvalue weighted by Gasteiger charge is -2.28. The largest absolute Gasteiger partial charge is 0.497 e. The number of Topliss-reactive ketones (excluding diaryl/α,β-unsaturated/α-hetero) is 1. The Hall–Kier alpha value is -3.48. The minimum atomic E-state index is -1.19. The van der Waals surface area contributed by atoms with Gasteiger partial charge in [0.1, 0.15) is 11.7 Å². The van der Waals surface area contributed by atoms with E-state index >= 15 is 0 Å². The van der Waals surface area contributed by atoms with Crippen LogP contribution in [0.5, 0.6) is 5.75 Å². The highest BCUT2D eigenvalue weighted by Crippen LogP contribution is 2.32. The maximum absolute atomic E-state index is 12.8. The van der Waals surface area contributed by atoms with Crippen LogP contribution in [0.15, 0.2) is 48.5 Å². The van der Waals surface area contributed by atoms with Crippen LogP contribution in [0.25, 0.3) is 0 Å². The van der Waals surface area contributed by atoms with Crippen LogP contribution in [-0.4, -0.2) is 30.7 Å². The summed E-state index contributed by atoms with van der Waals surface area (Å²) >= 11 is 0. The molecule has 0 saturated carbocycles. The molecule has 1 fully saturated rings. The Morgan fingerprint density at radius 3 is 2.07 bits per heavy atom. The van der Waals surface area contributed by atoms with Gasteiger partial charge in [-0.2, -0.15) is 0 Å². The normalized spacial score (nSPS) is 15.6. The Balaban J connectivity index is 1.94. The molecule has 0 aliphatic carbocycles. The maximum Gasteiger partial charge on any atom is 0.328 e. The summed E-state index contributed by atoms with van der Waals surface area (Å²) in [7, 11) is 1.53. The fraction of sp³-hybridized carbons (Fsp3) is 0.238. The van der Waals surface area contributed by atoms with Crippen LogP contribution in [0, 0.1) is 12.8 Å². The van der Waals surface area contributed by atoms with Gasteiger partial charge in [-0.15, -0.1) is 0 Å². The van der Waals surface area contributed by atoms with E-state index in [0.29, 0.717) is 16.9 Å². The van der Waals surface area contributed by atoms with Crippen molar-refractivity contribution in [1.82, 2.24) is 10.6 Å². The van der Waals surface area contributed by atoms with Gasteiger partial charge in [0.05, 0.1) is 7.11 Å². The molecule has 1 aliphatic rings. The third-order valence-electron chi connectivity index (χ3n) is 4.76. The molecular weight excluding hydrogens is 360 g/mol. The number of nitrogens with one attached hydrogen (secondary N) is 2. The SMILES string of the molecule is COc1ccc(C(CC(=O)c2ccc(C)cc2)C2C(=O)NC(=O)NC2=O)cc1. The number of urea groups is 1. The van der Waals surface area contributed by atoms with Crippen LogP contribution in [-0.2, 0) is 9.59 Å². The van der Waals surface area contributed by atoms with Crippen molar-refractivity contribution in [2.45, 2.75) is 19.3 Å². The summed E-state index contributed by atoms with van der Waals surface area (Å²) in [4.78, 5) is 49.0. The Kier molecular flexibility index (Phi) is 5.54. The number of ether oxygens (including phenoxy) is 1. The lowest BCUT2D eigenvalue weighted by molar-refractivity contribution is -0.136. The van der Waals surface area contributed by atoms with Crippen molar-refractivity contribution in [2.24, 2.45) is 5.92 Å². The van der Waals surface area contributed by atoms with E-state index in [4.69, 9.17) is 4.74 Å². The fourth-order valence-corrected chi connectivity index (χ4v) is 3.23. The molecule has 1 aliphatic heterocycles. The Morgan fingerprint density at radius 2 is 1.54 bits per heavy atom. The van der Waals surface area contributed by atoms with Gasteiger partial charge in [0, 0.05) is 17.9 Å². The van der Waals surface area contributed by atoms with Crippen LogP contribution in [0.2, 0.25) is 0 Å². The quantitative estimate of drug-likeness (QED) is 0.592. The smallest absolute Gasteiger partial charge is 0.328 e. The van der Waals surface area contributed by atoms with Crippen LogP contribution in [0.4, 0.5) is 4.79 Å². The zero-order valence-electron chi connectivity index (χ0n) is 15.5. The van der Waals surface area contributed by atoms with Crippen molar-refractivity contribution in [3.05, 3.63) is 65.2 Å². The van der Waals surface area contributed by atoms with Crippen molar-refractivity contribution in [1.29, 1.82) is 0 Å². The summed E-state index contributed by atoms with van der Waals surface area (Å²) in [5.74, 6) is -2.94. The van der Waals surface area contributed by atoms with Crippen molar-refractivity contribution in [3.63, 3.8) is 0 Å². The van der Waals surface area contributed by atoms with E-state index in [1.54, 1.807) is 36.4 Å². The summed E-state index contributed by atoms with van der Waals surface area (Å²) in [6.45, 7) is 1.92. The second-order valence-corrected chi connectivity index (χ2v) is 6.66. The molecule has 2 aromatic rings. The molecule has 0 radical (unpaired) electrons. The maximum atomic E-state index is 12.8. The van der Waals surface area contributed by atoms with Crippen molar-refractivity contribution >= 4 is 23.6 Å². The molecule has 0 aromatic heterocycles. The van der Waals surface area contributed by atoms with E-state index < -0.39 is 29.7 Å². The Morgan fingerprint density at radius 1 is 0.964 bits per heavy atom. The number of methoxy groups -OCH3 is 1. The molecule has 0 spiro atoms. The monoisotopic (exact) mass is 380 g/mol. The molecule has 3 rings (SSSR count). The van der Waals surface area contributed by atoms with Gasteiger partial charge in [0.15, 0.2) is 5.78 Å². The summed E-state index contributed by atoms with van der Waals surface area (Å²) in [6, 6.07) is 13.0. The van der Waals surface area contributed by atoms with E-state index in [1.807, 2.05) is 19.1 Å². The van der Waals surface area contributed by atoms with Crippen molar-refractivity contribution in [3.8, 4) is 5.75 Å². The van der Waals surface area contributed by atoms with E-state index in [2.05, 4.69) is 10.6 Å². The molecule has 2 N–H and O–H groups in total. The third-order valence-corrected chi connectivity index (χ3v) is 4.76. The molecule has 2 aromatic carbocycles. The number of barbiturate groups is 1. The van der Waals surface area contributed by atoms with Crippen LogP contribution >= 0.6 is 0 Å². The summed E-state index contributed by atoms with van der Waals surface area (Å²) < 4.78 is 5.14. The molecule has 7 heteroatoms. The van der Waals surface area contributed by atoms with Gasteiger partial charge >= 0.3 is 6.03 Å². The topological polar surface area (TPSA) is 102 Å². The number of benzene rings is 2. The number of amides is 4. The first-order valence-electron chi connectivity index (χ1n) is 8.78. The zero-order chi connectivity index (χ0) is 20.3. The van der Waals surface area contributed by atoms with Crippen LogP contribution < -0.4 is 15.4 Å². The average Bonchev–Trinajstić information content (AvgIpc) is 2.67. The first-order chi connectivity index (χ1) is 13.4. The van der Waals surface area contributed by atoms with Gasteiger partial charge in [-0.3, -0.25) is 25.0 Å². The highest BCUT2D eigenvalue weighted by atomic mass is 16.5. The second-order valence-electron chi connectivity index (χ2n) is 6.66. The Labute approximate surface area is 162 Å². The molecule has 7 nitrogen and oxygen atoms in total. The molecule has 1 unspecified atom stereocenters. The highest BCUT2D eigenvalue weighted by molar-refractivity contribution is 6.17. The van der Waals surface area contributed by atoms with Crippen molar-refractivity contribution < 1.29 is 23.9 Å². The standard InChI is InChI=1S/C21H20N2O5/c1-12-3-5-14(6-4-12)17(24)11-16(13-7-9-15(28-2)10-8-13)18-19(25)22-21(27)23-20(18)26/h3-10,16,18H,11H2,1-2H3,(H2,22,23,25,26,27). The number of rotatable bonds is 6. The van der Waals surface area contributed by atoms with Gasteiger partial charge < -0.3 is 4.74 Å². The van der Waals surface area contributed by atoms with Gasteiger partial charge in [0.25, 0.3) is 0 Å². The third kappa shape index (κ3) is 4.09. The summed E-state index contributed by atoms with van der Waals surface area (Å²) in [5, 5.41) is 4.21. The van der Waals surface area contributed by atoms with Gasteiger partial charge in [-0.25, -0.2) is 4.79 Å². The number of carbonyl (C=O) groups is 4. The number of hydrogen-bond acceptors (Lipinski definition) is 5. The molecule has 1 atom stereocenters. The van der Waals surface area contributed by atoms with E-state index in [1.165, 1.54) is 7.11 Å². The Bertz CT molecular complexity index is 899. The number of ketones is 1. The molecule has 0 bridgehead atoms. The summed E-state index contributed by atoms with van der Waals surface area (Å²) in [6.07, 6.45) is -0.0604. The van der Waals surface area contributed by atoms with Gasteiger partial charge in [-0.1, -0.05) is 42.0 Å². The molecule has 1 saturated heterocycles.